The highest BCUT2D eigenvalue weighted by molar-refractivity contribution is 5.94. The van der Waals surface area contributed by atoms with E-state index in [0.29, 0.717) is 11.6 Å². The largest absolute Gasteiger partial charge is 0.364 e. The molecule has 4 nitrogen and oxygen atoms in total. The van der Waals surface area contributed by atoms with E-state index in [2.05, 4.69) is 54.9 Å². The SMILES string of the molecule is CCCCN(C)C(=O)c1cncc(N(Cc2ccccc2)C(C)C)c1. The molecule has 2 rings (SSSR count). The second kappa shape index (κ2) is 9.21. The Balaban J connectivity index is 2.20. The van der Waals surface area contributed by atoms with Crippen molar-refractivity contribution in [3.05, 3.63) is 59.9 Å². The Bertz CT molecular complexity index is 670. The molecule has 0 N–H and O–H groups in total. The van der Waals surface area contributed by atoms with E-state index in [1.165, 1.54) is 5.56 Å². The summed E-state index contributed by atoms with van der Waals surface area (Å²) < 4.78 is 0. The fourth-order valence-corrected chi connectivity index (χ4v) is 2.77. The van der Waals surface area contributed by atoms with Gasteiger partial charge in [-0.2, -0.15) is 0 Å². The maximum atomic E-state index is 12.6. The Morgan fingerprint density at radius 2 is 1.88 bits per heavy atom. The van der Waals surface area contributed by atoms with Crippen LogP contribution in [0.5, 0.6) is 0 Å². The lowest BCUT2D eigenvalue weighted by atomic mass is 10.1. The molecule has 0 bridgehead atoms. The quantitative estimate of drug-likeness (QED) is 0.716. The second-order valence-corrected chi connectivity index (χ2v) is 6.72. The molecule has 0 aliphatic heterocycles. The minimum atomic E-state index is 0.0335. The van der Waals surface area contributed by atoms with Gasteiger partial charge in [0.05, 0.1) is 17.4 Å². The van der Waals surface area contributed by atoms with Gasteiger partial charge in [0.25, 0.3) is 5.91 Å². The molecule has 0 saturated carbocycles. The zero-order chi connectivity index (χ0) is 18.2. The van der Waals surface area contributed by atoms with Gasteiger partial charge < -0.3 is 9.80 Å². The van der Waals surface area contributed by atoms with Crippen LogP contribution in [0, 0.1) is 0 Å². The van der Waals surface area contributed by atoms with Gasteiger partial charge in [-0.15, -0.1) is 0 Å². The van der Waals surface area contributed by atoms with Crippen molar-refractivity contribution >= 4 is 11.6 Å². The summed E-state index contributed by atoms with van der Waals surface area (Å²) in [7, 11) is 1.86. The van der Waals surface area contributed by atoms with E-state index in [-0.39, 0.29) is 5.91 Å². The molecule has 0 unspecified atom stereocenters. The second-order valence-electron chi connectivity index (χ2n) is 6.72. The summed E-state index contributed by atoms with van der Waals surface area (Å²) >= 11 is 0. The van der Waals surface area contributed by atoms with Gasteiger partial charge in [0, 0.05) is 32.4 Å². The van der Waals surface area contributed by atoms with E-state index in [1.807, 2.05) is 25.4 Å². The highest BCUT2D eigenvalue weighted by Crippen LogP contribution is 2.21. The number of benzene rings is 1. The molecule has 1 aromatic carbocycles. The van der Waals surface area contributed by atoms with E-state index < -0.39 is 0 Å². The number of pyridine rings is 1. The fraction of sp³-hybridized carbons (Fsp3) is 0.429. The molecule has 0 radical (unpaired) electrons. The molecule has 0 aliphatic carbocycles. The standard InChI is InChI=1S/C21H29N3O/c1-5-6-12-23(4)21(25)19-13-20(15-22-14-19)24(17(2)3)16-18-10-8-7-9-11-18/h7-11,13-15,17H,5-6,12,16H2,1-4H3. The van der Waals surface area contributed by atoms with E-state index in [9.17, 15) is 4.79 Å². The third kappa shape index (κ3) is 5.31. The van der Waals surface area contributed by atoms with Crippen LogP contribution in [-0.2, 0) is 6.54 Å². The van der Waals surface area contributed by atoms with Crippen LogP contribution < -0.4 is 4.90 Å². The van der Waals surface area contributed by atoms with Gasteiger partial charge in [0.1, 0.15) is 0 Å². The molecule has 0 atom stereocenters. The van der Waals surface area contributed by atoms with E-state index in [1.54, 1.807) is 11.1 Å². The van der Waals surface area contributed by atoms with Gasteiger partial charge in [-0.1, -0.05) is 43.7 Å². The average Bonchev–Trinajstić information content (AvgIpc) is 2.64. The Hall–Kier alpha value is -2.36. The van der Waals surface area contributed by atoms with Gasteiger partial charge in [0.2, 0.25) is 0 Å². The van der Waals surface area contributed by atoms with Gasteiger partial charge in [-0.25, -0.2) is 0 Å². The number of nitrogens with zero attached hydrogens (tertiary/aromatic N) is 3. The molecule has 134 valence electrons. The first-order valence-electron chi connectivity index (χ1n) is 9.04. The Morgan fingerprint density at radius 3 is 2.52 bits per heavy atom. The van der Waals surface area contributed by atoms with Crippen LogP contribution in [0.25, 0.3) is 0 Å². The summed E-state index contributed by atoms with van der Waals surface area (Å²) in [6.07, 6.45) is 5.59. The third-order valence-corrected chi connectivity index (χ3v) is 4.32. The first-order chi connectivity index (χ1) is 12.0. The smallest absolute Gasteiger partial charge is 0.255 e. The van der Waals surface area contributed by atoms with Crippen molar-refractivity contribution in [2.24, 2.45) is 0 Å². The average molecular weight is 339 g/mol. The van der Waals surface area contributed by atoms with E-state index in [4.69, 9.17) is 0 Å². The van der Waals surface area contributed by atoms with Crippen LogP contribution >= 0.6 is 0 Å². The van der Waals surface area contributed by atoms with Crippen molar-refractivity contribution in [1.29, 1.82) is 0 Å². The number of aromatic nitrogens is 1. The molecule has 0 spiro atoms. The van der Waals surface area contributed by atoms with Crippen molar-refractivity contribution < 1.29 is 4.79 Å². The number of carbonyl (C=O) groups excluding carboxylic acids is 1. The summed E-state index contributed by atoms with van der Waals surface area (Å²) in [5.74, 6) is 0.0335. The maximum absolute atomic E-state index is 12.6. The predicted molar refractivity (Wildman–Crippen MR) is 104 cm³/mol. The Kier molecular flexibility index (Phi) is 6.99. The zero-order valence-electron chi connectivity index (χ0n) is 15.8. The minimum absolute atomic E-state index is 0.0335. The van der Waals surface area contributed by atoms with Crippen LogP contribution in [0.4, 0.5) is 5.69 Å². The molecule has 2 aromatic rings. The normalized spacial score (nSPS) is 10.8. The van der Waals surface area contributed by atoms with Crippen molar-refractivity contribution in [3.8, 4) is 0 Å². The van der Waals surface area contributed by atoms with Crippen molar-refractivity contribution in [2.45, 2.75) is 46.2 Å². The van der Waals surface area contributed by atoms with Gasteiger partial charge in [0.15, 0.2) is 0 Å². The fourth-order valence-electron chi connectivity index (χ4n) is 2.77. The number of amides is 1. The van der Waals surface area contributed by atoms with Crippen molar-refractivity contribution in [1.82, 2.24) is 9.88 Å². The van der Waals surface area contributed by atoms with Crippen LogP contribution in [0.3, 0.4) is 0 Å². The number of carbonyl (C=O) groups is 1. The van der Waals surface area contributed by atoms with E-state index in [0.717, 1.165) is 31.6 Å². The zero-order valence-corrected chi connectivity index (χ0v) is 15.8. The maximum Gasteiger partial charge on any atom is 0.255 e. The lowest BCUT2D eigenvalue weighted by Gasteiger charge is -2.29. The number of hydrogen-bond acceptors (Lipinski definition) is 3. The highest BCUT2D eigenvalue weighted by Gasteiger charge is 2.16. The molecule has 25 heavy (non-hydrogen) atoms. The first-order valence-corrected chi connectivity index (χ1v) is 9.04. The summed E-state index contributed by atoms with van der Waals surface area (Å²) in [5, 5.41) is 0. The van der Waals surface area contributed by atoms with E-state index >= 15 is 0 Å². The number of unbranched alkanes of at least 4 members (excludes halogenated alkanes) is 1. The lowest BCUT2D eigenvalue weighted by Crippen LogP contribution is -2.31. The monoisotopic (exact) mass is 339 g/mol. The topological polar surface area (TPSA) is 36.4 Å². The van der Waals surface area contributed by atoms with Crippen molar-refractivity contribution in [3.63, 3.8) is 0 Å². The van der Waals surface area contributed by atoms with Crippen LogP contribution in [0.1, 0.15) is 49.5 Å². The molecule has 1 amide bonds. The molecular formula is C21H29N3O. The summed E-state index contributed by atoms with van der Waals surface area (Å²) in [4.78, 5) is 21.0. The third-order valence-electron chi connectivity index (χ3n) is 4.32. The van der Waals surface area contributed by atoms with Crippen LogP contribution in [-0.4, -0.2) is 35.4 Å². The molecule has 0 saturated heterocycles. The molecule has 1 aromatic heterocycles. The first kappa shape index (κ1) is 19.0. The Morgan fingerprint density at radius 1 is 1.16 bits per heavy atom. The highest BCUT2D eigenvalue weighted by atomic mass is 16.2. The summed E-state index contributed by atoms with van der Waals surface area (Å²) in [6.45, 7) is 8.02. The summed E-state index contributed by atoms with van der Waals surface area (Å²) in [6, 6.07) is 12.6. The van der Waals surface area contributed by atoms with Gasteiger partial charge in [-0.05, 0) is 31.9 Å². The minimum Gasteiger partial charge on any atom is -0.364 e. The predicted octanol–water partition coefficient (Wildman–Crippen LogP) is 4.37. The lowest BCUT2D eigenvalue weighted by molar-refractivity contribution is 0.0793. The molecule has 0 fully saturated rings. The summed E-state index contributed by atoms with van der Waals surface area (Å²) in [5.41, 5.74) is 2.87. The van der Waals surface area contributed by atoms with Gasteiger partial charge in [-0.3, -0.25) is 9.78 Å². The molecule has 1 heterocycles. The molecular weight excluding hydrogens is 310 g/mol. The number of anilines is 1. The van der Waals surface area contributed by atoms with Crippen LogP contribution in [0.15, 0.2) is 48.8 Å². The molecule has 4 heteroatoms. The van der Waals surface area contributed by atoms with Gasteiger partial charge >= 0.3 is 0 Å². The number of rotatable bonds is 8. The number of hydrogen-bond donors (Lipinski definition) is 0. The Labute approximate surface area is 151 Å². The molecule has 0 aliphatic rings. The van der Waals surface area contributed by atoms with Crippen LogP contribution in [0.2, 0.25) is 0 Å². The van der Waals surface area contributed by atoms with Crippen molar-refractivity contribution in [2.75, 3.05) is 18.5 Å².